The first-order chi connectivity index (χ1) is 14.2. The van der Waals surface area contributed by atoms with Crippen LogP contribution in [0.3, 0.4) is 0 Å². The van der Waals surface area contributed by atoms with Crippen LogP contribution in [0.5, 0.6) is 5.75 Å². The molecule has 0 fully saturated rings. The van der Waals surface area contributed by atoms with Gasteiger partial charge in [-0.25, -0.2) is 0 Å². The lowest BCUT2D eigenvalue weighted by Gasteiger charge is -2.27. The van der Waals surface area contributed by atoms with Crippen LogP contribution in [-0.4, -0.2) is 36.3 Å². The maximum atomic E-state index is 13.0. The molecule has 0 radical (unpaired) electrons. The van der Waals surface area contributed by atoms with Gasteiger partial charge in [0.1, 0.15) is 5.75 Å². The van der Waals surface area contributed by atoms with Crippen molar-refractivity contribution in [3.8, 4) is 5.75 Å². The van der Waals surface area contributed by atoms with Crippen LogP contribution >= 0.6 is 0 Å². The SMILES string of the molecule is CCOC(=O)C(CC)CN(Cc1ccc(OC(F)(F)F)cc1)C(=O)c1ccccc1. The lowest BCUT2D eigenvalue weighted by atomic mass is 10.0. The second-order valence-corrected chi connectivity index (χ2v) is 6.60. The number of carbonyl (C=O) groups excluding carboxylic acids is 2. The summed E-state index contributed by atoms with van der Waals surface area (Å²) in [7, 11) is 0. The Morgan fingerprint density at radius 1 is 1.00 bits per heavy atom. The van der Waals surface area contributed by atoms with Crippen molar-refractivity contribution < 1.29 is 32.2 Å². The van der Waals surface area contributed by atoms with Gasteiger partial charge in [0.15, 0.2) is 0 Å². The van der Waals surface area contributed by atoms with E-state index in [4.69, 9.17) is 4.74 Å². The van der Waals surface area contributed by atoms with E-state index >= 15 is 0 Å². The molecule has 1 amide bonds. The molecule has 0 bridgehead atoms. The van der Waals surface area contributed by atoms with Gasteiger partial charge in [-0.3, -0.25) is 9.59 Å². The number of amides is 1. The quantitative estimate of drug-likeness (QED) is 0.543. The van der Waals surface area contributed by atoms with Crippen LogP contribution in [0.4, 0.5) is 13.2 Å². The number of rotatable bonds is 9. The van der Waals surface area contributed by atoms with E-state index in [0.717, 1.165) is 0 Å². The van der Waals surface area contributed by atoms with E-state index in [-0.39, 0.29) is 37.3 Å². The molecule has 30 heavy (non-hydrogen) atoms. The summed E-state index contributed by atoms with van der Waals surface area (Å²) in [6.07, 6.45) is -4.29. The van der Waals surface area contributed by atoms with Gasteiger partial charge >= 0.3 is 12.3 Å². The molecule has 0 aliphatic carbocycles. The predicted octanol–water partition coefficient (Wildman–Crippen LogP) is 4.82. The van der Waals surface area contributed by atoms with Gasteiger partial charge in [0.05, 0.1) is 12.5 Å². The number of nitrogens with zero attached hydrogens (tertiary/aromatic N) is 1. The van der Waals surface area contributed by atoms with Crippen LogP contribution < -0.4 is 4.74 Å². The zero-order chi connectivity index (χ0) is 22.1. The summed E-state index contributed by atoms with van der Waals surface area (Å²) in [5, 5.41) is 0. The molecule has 0 aliphatic heterocycles. The van der Waals surface area contributed by atoms with Gasteiger partial charge in [-0.15, -0.1) is 13.2 Å². The van der Waals surface area contributed by atoms with Gasteiger partial charge in [-0.05, 0) is 43.2 Å². The highest BCUT2D eigenvalue weighted by Gasteiger charge is 2.31. The van der Waals surface area contributed by atoms with E-state index < -0.39 is 12.3 Å². The summed E-state index contributed by atoms with van der Waals surface area (Å²) >= 11 is 0. The molecule has 2 rings (SSSR count). The van der Waals surface area contributed by atoms with Crippen molar-refractivity contribution in [3.63, 3.8) is 0 Å². The molecule has 162 valence electrons. The monoisotopic (exact) mass is 423 g/mol. The molecular formula is C22H24F3NO4. The zero-order valence-electron chi connectivity index (χ0n) is 16.8. The largest absolute Gasteiger partial charge is 0.573 e. The van der Waals surface area contributed by atoms with Gasteiger partial charge in [-0.1, -0.05) is 37.3 Å². The summed E-state index contributed by atoms with van der Waals surface area (Å²) in [5.41, 5.74) is 1.06. The fraction of sp³-hybridized carbons (Fsp3) is 0.364. The molecule has 2 aromatic carbocycles. The Labute approximate surface area is 173 Å². The molecule has 1 atom stereocenters. The summed E-state index contributed by atoms with van der Waals surface area (Å²) in [5.74, 6) is -1.52. The summed E-state index contributed by atoms with van der Waals surface area (Å²) in [4.78, 5) is 26.8. The van der Waals surface area contributed by atoms with Crippen molar-refractivity contribution in [1.82, 2.24) is 4.90 Å². The zero-order valence-corrected chi connectivity index (χ0v) is 16.8. The minimum Gasteiger partial charge on any atom is -0.466 e. The minimum absolute atomic E-state index is 0.121. The molecule has 0 saturated heterocycles. The molecule has 5 nitrogen and oxygen atoms in total. The first kappa shape index (κ1) is 23.3. The number of hydrogen-bond acceptors (Lipinski definition) is 4. The smallest absolute Gasteiger partial charge is 0.466 e. The predicted molar refractivity (Wildman–Crippen MR) is 105 cm³/mol. The Kier molecular flexibility index (Phi) is 8.26. The number of hydrogen-bond donors (Lipinski definition) is 0. The van der Waals surface area contributed by atoms with Crippen molar-refractivity contribution >= 4 is 11.9 Å². The fourth-order valence-corrected chi connectivity index (χ4v) is 2.90. The van der Waals surface area contributed by atoms with E-state index in [1.165, 1.54) is 29.2 Å². The number of benzene rings is 2. The molecule has 0 aromatic heterocycles. The Morgan fingerprint density at radius 2 is 1.63 bits per heavy atom. The maximum Gasteiger partial charge on any atom is 0.573 e. The Morgan fingerprint density at radius 3 is 2.17 bits per heavy atom. The lowest BCUT2D eigenvalue weighted by Crippen LogP contribution is -2.38. The van der Waals surface area contributed by atoms with Gasteiger partial charge in [0.25, 0.3) is 5.91 Å². The van der Waals surface area contributed by atoms with E-state index in [0.29, 0.717) is 17.5 Å². The number of esters is 1. The van der Waals surface area contributed by atoms with Gasteiger partial charge in [0.2, 0.25) is 0 Å². The third-order valence-corrected chi connectivity index (χ3v) is 4.39. The Bertz CT molecular complexity index is 823. The van der Waals surface area contributed by atoms with E-state index in [1.54, 1.807) is 37.3 Å². The van der Waals surface area contributed by atoms with Crippen molar-refractivity contribution in [1.29, 1.82) is 0 Å². The van der Waals surface area contributed by atoms with Gasteiger partial charge in [0, 0.05) is 18.7 Å². The van der Waals surface area contributed by atoms with Crippen LogP contribution in [0.1, 0.15) is 36.2 Å². The van der Waals surface area contributed by atoms with Crippen molar-refractivity contribution in [2.45, 2.75) is 33.2 Å². The van der Waals surface area contributed by atoms with Crippen molar-refractivity contribution in [2.75, 3.05) is 13.2 Å². The number of carbonyl (C=O) groups is 2. The third-order valence-electron chi connectivity index (χ3n) is 4.39. The number of alkyl halides is 3. The second kappa shape index (κ2) is 10.7. The molecule has 1 unspecified atom stereocenters. The normalized spacial score (nSPS) is 12.2. The maximum absolute atomic E-state index is 13.0. The first-order valence-corrected chi connectivity index (χ1v) is 9.59. The second-order valence-electron chi connectivity index (χ2n) is 6.60. The molecule has 8 heteroatoms. The van der Waals surface area contributed by atoms with E-state index in [1.807, 2.05) is 6.92 Å². The highest BCUT2D eigenvalue weighted by Crippen LogP contribution is 2.23. The Balaban J connectivity index is 2.22. The molecule has 0 spiro atoms. The third kappa shape index (κ3) is 7.09. The highest BCUT2D eigenvalue weighted by molar-refractivity contribution is 5.94. The van der Waals surface area contributed by atoms with Crippen LogP contribution in [0.25, 0.3) is 0 Å². The average molecular weight is 423 g/mol. The van der Waals surface area contributed by atoms with Crippen LogP contribution in [0.2, 0.25) is 0 Å². The summed E-state index contributed by atoms with van der Waals surface area (Å²) in [6.45, 7) is 4.03. The molecule has 0 saturated carbocycles. The van der Waals surface area contributed by atoms with Crippen LogP contribution in [-0.2, 0) is 16.1 Å². The summed E-state index contributed by atoms with van der Waals surface area (Å²) < 4.78 is 46.0. The minimum atomic E-state index is -4.77. The molecule has 0 heterocycles. The lowest BCUT2D eigenvalue weighted by molar-refractivity contribution is -0.274. The number of ether oxygens (including phenoxy) is 2. The Hall–Kier alpha value is -3.03. The molecular weight excluding hydrogens is 399 g/mol. The fourth-order valence-electron chi connectivity index (χ4n) is 2.90. The van der Waals surface area contributed by atoms with Gasteiger partial charge in [-0.2, -0.15) is 0 Å². The summed E-state index contributed by atoms with van der Waals surface area (Å²) in [6, 6.07) is 13.9. The standard InChI is InChI=1S/C22H24F3NO4/c1-3-17(21(28)29-4-2)15-26(20(27)18-8-6-5-7-9-18)14-16-10-12-19(13-11-16)30-22(23,24)25/h5-13,17H,3-4,14-15H2,1-2H3. The molecule has 0 N–H and O–H groups in total. The van der Waals surface area contributed by atoms with Crippen molar-refractivity contribution in [3.05, 3.63) is 65.7 Å². The molecule has 2 aromatic rings. The van der Waals surface area contributed by atoms with Crippen molar-refractivity contribution in [2.24, 2.45) is 5.92 Å². The first-order valence-electron chi connectivity index (χ1n) is 9.59. The molecule has 0 aliphatic rings. The van der Waals surface area contributed by atoms with E-state index in [9.17, 15) is 22.8 Å². The van der Waals surface area contributed by atoms with Crippen LogP contribution in [0, 0.1) is 5.92 Å². The van der Waals surface area contributed by atoms with Crippen LogP contribution in [0.15, 0.2) is 54.6 Å². The number of halogens is 3. The highest BCUT2D eigenvalue weighted by atomic mass is 19.4. The average Bonchev–Trinajstić information content (AvgIpc) is 2.71. The van der Waals surface area contributed by atoms with Gasteiger partial charge < -0.3 is 14.4 Å². The van der Waals surface area contributed by atoms with E-state index in [2.05, 4.69) is 4.74 Å². The topological polar surface area (TPSA) is 55.8 Å².